The van der Waals surface area contributed by atoms with Crippen molar-refractivity contribution >= 4 is 33.1 Å². The number of para-hydroxylation sites is 3. The highest BCUT2D eigenvalue weighted by atomic mass is 16.3. The van der Waals surface area contributed by atoms with E-state index in [2.05, 4.69) is 128 Å². The van der Waals surface area contributed by atoms with E-state index in [1.54, 1.807) is 6.07 Å². The largest absolute Gasteiger partial charge is 0.437 e. The topological polar surface area (TPSA) is 38.7 Å². The van der Waals surface area contributed by atoms with E-state index in [-0.39, 0.29) is 5.69 Å². The van der Waals surface area contributed by atoms with Gasteiger partial charge in [0.15, 0.2) is 22.8 Å². The van der Waals surface area contributed by atoms with Gasteiger partial charge in [0.05, 0.1) is 16.7 Å². The number of aryl methyl sites for hydroxylation is 1. The van der Waals surface area contributed by atoms with Crippen molar-refractivity contribution in [3.63, 3.8) is 0 Å². The fourth-order valence-corrected chi connectivity index (χ4v) is 7.50. The van der Waals surface area contributed by atoms with Crippen LogP contribution in [0.1, 0.15) is 20.9 Å². The molecule has 0 bridgehead atoms. The number of aromatic nitrogens is 4. The van der Waals surface area contributed by atoms with E-state index in [0.717, 1.165) is 50.1 Å². The van der Waals surface area contributed by atoms with Gasteiger partial charge in [-0.1, -0.05) is 42.5 Å². The monoisotopic (exact) mass is 543 g/mol. The first kappa shape index (κ1) is 19.5. The normalized spacial score (nSPS) is 17.7. The predicted molar refractivity (Wildman–Crippen MR) is 162 cm³/mol. The molecule has 0 amide bonds. The summed E-state index contributed by atoms with van der Waals surface area (Å²) in [4.78, 5) is 4.50. The number of imidazole rings is 1. The Morgan fingerprint density at radius 2 is 1.57 bits per heavy atom. The summed E-state index contributed by atoms with van der Waals surface area (Å²) in [5.41, 5.74) is 8.98. The van der Waals surface area contributed by atoms with Crippen LogP contribution in [0, 0.1) is 6.85 Å². The lowest BCUT2D eigenvalue weighted by Gasteiger charge is -2.20. The quantitative estimate of drug-likeness (QED) is 0.208. The summed E-state index contributed by atoms with van der Waals surface area (Å²) in [7, 11) is 0. The number of hydrogen-bond acceptors (Lipinski definition) is 2. The molecule has 1 unspecified atom stereocenters. The lowest BCUT2D eigenvalue weighted by molar-refractivity contribution is -0.944. The molecule has 10 rings (SSSR count). The van der Waals surface area contributed by atoms with Gasteiger partial charge in [-0.05, 0) is 73.6 Å². The van der Waals surface area contributed by atoms with Crippen LogP contribution in [0.5, 0.6) is 0 Å². The summed E-state index contributed by atoms with van der Waals surface area (Å²) >= 11 is 0. The van der Waals surface area contributed by atoms with E-state index in [1.807, 2.05) is 12.1 Å². The van der Waals surface area contributed by atoms with E-state index in [4.69, 9.17) is 8.53 Å². The maximum Gasteiger partial charge on any atom is 0.364 e. The van der Waals surface area contributed by atoms with Gasteiger partial charge in [0.2, 0.25) is 11.4 Å². The third kappa shape index (κ3) is 2.45. The molecule has 8 aromatic rings. The van der Waals surface area contributed by atoms with Crippen molar-refractivity contribution in [2.45, 2.75) is 12.5 Å². The number of furan rings is 1. The second kappa shape index (κ2) is 7.59. The minimum Gasteiger partial charge on any atom is -0.437 e. The van der Waals surface area contributed by atoms with Gasteiger partial charge in [0.1, 0.15) is 11.3 Å². The standard InChI is InChI=1S/C37H24N4O/c1-23-18-19-26-25-20-21-29-33(34(25)42-35(26)38-23)36-40(24-11-3-2-4-12-24)31-16-7-8-17-32(31)41(36)37(29)28-14-6-5-13-27(28)30-15-9-10-22-39(30)37/h2-22H,1H3/q+2/i1D3. The molecule has 0 saturated carbocycles. The molecular weight excluding hydrogens is 516 g/mol. The Hall–Kier alpha value is -5.55. The summed E-state index contributed by atoms with van der Waals surface area (Å²) in [6.45, 7) is -2.34. The van der Waals surface area contributed by atoms with Crippen LogP contribution < -0.4 is 9.13 Å². The number of hydrogen-bond donors (Lipinski definition) is 0. The van der Waals surface area contributed by atoms with Crippen LogP contribution in [0.15, 0.2) is 132 Å². The molecule has 2 aliphatic rings. The van der Waals surface area contributed by atoms with Crippen LogP contribution in [-0.4, -0.2) is 9.55 Å². The number of rotatable bonds is 1. The van der Waals surface area contributed by atoms with Crippen molar-refractivity contribution in [1.29, 1.82) is 0 Å². The van der Waals surface area contributed by atoms with Crippen molar-refractivity contribution in [2.24, 2.45) is 0 Å². The first-order chi connectivity index (χ1) is 22.0. The molecule has 0 aliphatic carbocycles. The van der Waals surface area contributed by atoms with Crippen molar-refractivity contribution in [2.75, 3.05) is 0 Å². The van der Waals surface area contributed by atoms with Gasteiger partial charge >= 0.3 is 11.5 Å². The molecule has 42 heavy (non-hydrogen) atoms. The van der Waals surface area contributed by atoms with E-state index in [1.165, 1.54) is 11.1 Å². The maximum absolute atomic E-state index is 7.95. The van der Waals surface area contributed by atoms with E-state index < -0.39 is 12.5 Å². The molecule has 0 radical (unpaired) electrons. The molecule has 196 valence electrons. The Morgan fingerprint density at radius 3 is 2.50 bits per heavy atom. The van der Waals surface area contributed by atoms with Crippen LogP contribution in [0.3, 0.4) is 0 Å². The first-order valence-corrected chi connectivity index (χ1v) is 14.1. The van der Waals surface area contributed by atoms with Crippen LogP contribution in [-0.2, 0) is 5.66 Å². The molecule has 5 heteroatoms. The fraction of sp³-hybridized carbons (Fsp3) is 0.0541. The summed E-state index contributed by atoms with van der Waals surface area (Å²) in [5, 5.41) is 1.68. The average Bonchev–Trinajstić information content (AvgIpc) is 3.77. The molecule has 1 atom stereocenters. The molecular formula is C37H24N4O+2. The Morgan fingerprint density at radius 1 is 0.762 bits per heavy atom. The molecule has 0 saturated heterocycles. The highest BCUT2D eigenvalue weighted by molar-refractivity contribution is 6.09. The van der Waals surface area contributed by atoms with Crippen LogP contribution in [0.2, 0.25) is 0 Å². The molecule has 0 fully saturated rings. The Kier molecular flexibility index (Phi) is 3.53. The van der Waals surface area contributed by atoms with Gasteiger partial charge < -0.3 is 4.42 Å². The first-order valence-electron chi connectivity index (χ1n) is 15.6. The van der Waals surface area contributed by atoms with Gasteiger partial charge in [-0.3, -0.25) is 0 Å². The molecule has 5 nitrogen and oxygen atoms in total. The lowest BCUT2D eigenvalue weighted by Crippen LogP contribution is -2.71. The fourth-order valence-electron chi connectivity index (χ4n) is 7.50. The van der Waals surface area contributed by atoms with Gasteiger partial charge in [-0.2, -0.15) is 4.57 Å². The van der Waals surface area contributed by atoms with Gasteiger partial charge in [0.25, 0.3) is 0 Å². The van der Waals surface area contributed by atoms with E-state index in [9.17, 15) is 0 Å². The molecule has 4 aromatic heterocycles. The maximum atomic E-state index is 7.95. The summed E-state index contributed by atoms with van der Waals surface area (Å²) in [6, 6.07) is 41.7. The Labute approximate surface area is 245 Å². The highest BCUT2D eigenvalue weighted by Gasteiger charge is 2.66. The number of nitrogens with zero attached hydrogens (tertiary/aromatic N) is 4. The van der Waals surface area contributed by atoms with E-state index in [0.29, 0.717) is 11.3 Å². The minimum absolute atomic E-state index is 0.0184. The Balaban J connectivity index is 1.46. The van der Waals surface area contributed by atoms with Crippen LogP contribution in [0.4, 0.5) is 0 Å². The van der Waals surface area contributed by atoms with Gasteiger partial charge in [0, 0.05) is 32.7 Å². The van der Waals surface area contributed by atoms with Crippen LogP contribution >= 0.6 is 0 Å². The zero-order valence-electron chi connectivity index (χ0n) is 25.3. The van der Waals surface area contributed by atoms with Crippen molar-refractivity contribution < 1.29 is 17.7 Å². The van der Waals surface area contributed by atoms with Crippen molar-refractivity contribution in [3.8, 4) is 28.3 Å². The predicted octanol–water partition coefficient (Wildman–Crippen LogP) is 7.07. The number of pyridine rings is 2. The zero-order valence-corrected chi connectivity index (χ0v) is 22.3. The second-order valence-electron chi connectivity index (χ2n) is 11.0. The summed E-state index contributed by atoms with van der Waals surface area (Å²) in [5.74, 6) is 0.983. The van der Waals surface area contributed by atoms with Gasteiger partial charge in [-0.15, -0.1) is 9.13 Å². The third-order valence-corrected chi connectivity index (χ3v) is 9.02. The molecule has 6 heterocycles. The molecule has 0 N–H and O–H groups in total. The summed E-state index contributed by atoms with van der Waals surface area (Å²) < 4.78 is 37.7. The molecule has 2 aliphatic heterocycles. The molecule has 4 aromatic carbocycles. The summed E-state index contributed by atoms with van der Waals surface area (Å²) in [6.07, 6.45) is 2.17. The molecule has 1 spiro atoms. The number of fused-ring (bicyclic) bond motifs is 16. The minimum atomic E-state index is -2.34. The lowest BCUT2D eigenvalue weighted by atomic mass is 9.89. The zero-order chi connectivity index (χ0) is 30.1. The smallest absolute Gasteiger partial charge is 0.364 e. The van der Waals surface area contributed by atoms with Crippen molar-refractivity contribution in [3.05, 3.63) is 144 Å². The van der Waals surface area contributed by atoms with Gasteiger partial charge in [-0.25, -0.2) is 4.98 Å². The average molecular weight is 544 g/mol. The SMILES string of the molecule is [2H]C([2H])([2H])c1ccc2c(n1)oc1c3c(ccc12)C1(c2ccccc2-c2cccc[n+]21)[n+]1c-3n(-c2ccccc2)c2ccccc21. The third-order valence-electron chi connectivity index (χ3n) is 9.02. The van der Waals surface area contributed by atoms with E-state index >= 15 is 0 Å². The van der Waals surface area contributed by atoms with Crippen molar-refractivity contribution in [1.82, 2.24) is 9.55 Å². The number of benzene rings is 4. The highest BCUT2D eigenvalue weighted by Crippen LogP contribution is 2.51. The van der Waals surface area contributed by atoms with Crippen LogP contribution in [0.25, 0.3) is 61.4 Å². The second-order valence-corrected chi connectivity index (χ2v) is 11.0. The Bertz CT molecular complexity index is 2500.